The Balaban J connectivity index is 1.37. The van der Waals surface area contributed by atoms with Gasteiger partial charge in [0, 0.05) is 17.8 Å². The van der Waals surface area contributed by atoms with Gasteiger partial charge in [-0.05, 0) is 35.9 Å². The minimum absolute atomic E-state index is 0.225. The van der Waals surface area contributed by atoms with Crippen LogP contribution in [0.15, 0.2) is 53.3 Å². The molecule has 8 nitrogen and oxygen atoms in total. The highest BCUT2D eigenvalue weighted by Crippen LogP contribution is 2.32. The first-order valence-corrected chi connectivity index (χ1v) is 7.58. The first-order valence-electron chi connectivity index (χ1n) is 7.58. The molecule has 0 bridgehead atoms. The van der Waals surface area contributed by atoms with Crippen molar-refractivity contribution in [2.24, 2.45) is 0 Å². The molecule has 0 spiro atoms. The molecular weight excluding hydrogens is 324 g/mol. The molecule has 0 unspecified atom stereocenters. The Morgan fingerprint density at radius 3 is 2.92 bits per heavy atom. The summed E-state index contributed by atoms with van der Waals surface area (Å²) in [6.07, 6.45) is 1.26. The molecule has 0 saturated carbocycles. The van der Waals surface area contributed by atoms with E-state index >= 15 is 0 Å². The minimum atomic E-state index is -0.319. The molecule has 2 heterocycles. The molecule has 2 amide bonds. The number of nitrogens with one attached hydrogen (secondary N) is 2. The Morgan fingerprint density at radius 1 is 1.12 bits per heavy atom. The van der Waals surface area contributed by atoms with E-state index in [4.69, 9.17) is 13.9 Å². The van der Waals surface area contributed by atoms with Gasteiger partial charge in [0.25, 0.3) is 0 Å². The van der Waals surface area contributed by atoms with Gasteiger partial charge < -0.3 is 24.5 Å². The summed E-state index contributed by atoms with van der Waals surface area (Å²) in [5.74, 6) is 1.79. The highest BCUT2D eigenvalue weighted by Gasteiger charge is 2.13. The molecule has 4 rings (SSSR count). The molecule has 0 atom stereocenters. The maximum Gasteiger partial charge on any atom is 0.319 e. The van der Waals surface area contributed by atoms with Gasteiger partial charge in [0.1, 0.15) is 0 Å². The largest absolute Gasteiger partial charge is 0.454 e. The maximum absolute atomic E-state index is 12.1. The van der Waals surface area contributed by atoms with E-state index in [1.165, 1.54) is 6.39 Å². The molecule has 3 aromatic rings. The van der Waals surface area contributed by atoms with Gasteiger partial charge in [-0.3, -0.25) is 0 Å². The lowest BCUT2D eigenvalue weighted by molar-refractivity contribution is 0.174. The van der Waals surface area contributed by atoms with Crippen molar-refractivity contribution in [3.8, 4) is 23.0 Å². The van der Waals surface area contributed by atoms with Crippen LogP contribution in [0.25, 0.3) is 11.5 Å². The summed E-state index contributed by atoms with van der Waals surface area (Å²) in [6.45, 7) is 0.592. The number of rotatable bonds is 4. The molecule has 2 N–H and O–H groups in total. The Labute approximate surface area is 142 Å². The standard InChI is InChI=1S/C17H14N4O4/c22-17(18-8-11-4-5-14-15(6-11)25-10-24-14)20-13-3-1-2-12(7-13)16-21-19-9-23-16/h1-7,9H,8,10H2,(H2,18,20,22). The van der Waals surface area contributed by atoms with Crippen LogP contribution >= 0.6 is 0 Å². The predicted octanol–water partition coefficient (Wildman–Crippen LogP) is 2.79. The van der Waals surface area contributed by atoms with Crippen LogP contribution in [-0.4, -0.2) is 23.0 Å². The number of ether oxygens (including phenoxy) is 2. The first kappa shape index (κ1) is 15.0. The molecule has 8 heteroatoms. The zero-order valence-electron chi connectivity index (χ0n) is 13.1. The minimum Gasteiger partial charge on any atom is -0.454 e. The first-order chi connectivity index (χ1) is 12.3. The number of aromatic nitrogens is 2. The van der Waals surface area contributed by atoms with Crippen molar-refractivity contribution in [2.75, 3.05) is 12.1 Å². The van der Waals surface area contributed by atoms with Gasteiger partial charge in [-0.15, -0.1) is 10.2 Å². The quantitative estimate of drug-likeness (QED) is 0.759. The third-order valence-corrected chi connectivity index (χ3v) is 3.62. The zero-order valence-corrected chi connectivity index (χ0v) is 13.1. The third-order valence-electron chi connectivity index (χ3n) is 3.62. The van der Waals surface area contributed by atoms with Gasteiger partial charge in [-0.25, -0.2) is 4.79 Å². The van der Waals surface area contributed by atoms with E-state index in [0.717, 1.165) is 11.1 Å². The zero-order chi connectivity index (χ0) is 17.1. The van der Waals surface area contributed by atoms with Crippen molar-refractivity contribution in [1.29, 1.82) is 0 Å². The highest BCUT2D eigenvalue weighted by atomic mass is 16.7. The van der Waals surface area contributed by atoms with Gasteiger partial charge in [-0.2, -0.15) is 0 Å². The summed E-state index contributed by atoms with van der Waals surface area (Å²) < 4.78 is 15.7. The Morgan fingerprint density at radius 2 is 2.04 bits per heavy atom. The SMILES string of the molecule is O=C(NCc1ccc2c(c1)OCO2)Nc1cccc(-c2nnco2)c1. The third kappa shape index (κ3) is 3.37. The highest BCUT2D eigenvalue weighted by molar-refractivity contribution is 5.89. The van der Waals surface area contributed by atoms with Gasteiger partial charge in [0.05, 0.1) is 0 Å². The van der Waals surface area contributed by atoms with Crippen LogP contribution in [0.4, 0.5) is 10.5 Å². The fourth-order valence-corrected chi connectivity index (χ4v) is 2.44. The lowest BCUT2D eigenvalue weighted by Gasteiger charge is -2.09. The lowest BCUT2D eigenvalue weighted by Crippen LogP contribution is -2.28. The number of carbonyl (C=O) groups is 1. The second-order valence-corrected chi connectivity index (χ2v) is 5.32. The van der Waals surface area contributed by atoms with Crippen molar-refractivity contribution in [1.82, 2.24) is 15.5 Å². The molecule has 0 fully saturated rings. The molecule has 0 saturated heterocycles. The predicted molar refractivity (Wildman–Crippen MR) is 88.2 cm³/mol. The monoisotopic (exact) mass is 338 g/mol. The number of hydrogen-bond donors (Lipinski definition) is 2. The maximum atomic E-state index is 12.1. The molecule has 1 aliphatic heterocycles. The molecule has 0 aliphatic carbocycles. The molecule has 2 aromatic carbocycles. The summed E-state index contributed by atoms with van der Waals surface area (Å²) in [6, 6.07) is 12.4. The lowest BCUT2D eigenvalue weighted by atomic mass is 10.2. The van der Waals surface area contributed by atoms with Crippen LogP contribution in [0.5, 0.6) is 11.5 Å². The second kappa shape index (κ2) is 6.52. The number of benzene rings is 2. The average Bonchev–Trinajstić information content (AvgIpc) is 3.31. The van der Waals surface area contributed by atoms with E-state index in [1.807, 2.05) is 24.3 Å². The smallest absolute Gasteiger partial charge is 0.319 e. The van der Waals surface area contributed by atoms with Crippen LogP contribution < -0.4 is 20.1 Å². The number of anilines is 1. The molecule has 1 aliphatic rings. The van der Waals surface area contributed by atoms with E-state index in [2.05, 4.69) is 20.8 Å². The Hall–Kier alpha value is -3.55. The van der Waals surface area contributed by atoms with Crippen molar-refractivity contribution in [2.45, 2.75) is 6.54 Å². The number of nitrogens with zero attached hydrogens (tertiary/aromatic N) is 2. The molecule has 1 aromatic heterocycles. The van der Waals surface area contributed by atoms with Crippen molar-refractivity contribution < 1.29 is 18.7 Å². The topological polar surface area (TPSA) is 98.5 Å². The summed E-state index contributed by atoms with van der Waals surface area (Å²) in [7, 11) is 0. The summed E-state index contributed by atoms with van der Waals surface area (Å²) in [4.78, 5) is 12.1. The van der Waals surface area contributed by atoms with Crippen molar-refractivity contribution in [3.63, 3.8) is 0 Å². The fourth-order valence-electron chi connectivity index (χ4n) is 2.44. The van der Waals surface area contributed by atoms with Gasteiger partial charge in [0.2, 0.25) is 19.1 Å². The Kier molecular flexibility index (Phi) is 3.91. The van der Waals surface area contributed by atoms with Crippen molar-refractivity contribution in [3.05, 3.63) is 54.4 Å². The van der Waals surface area contributed by atoms with Crippen LogP contribution in [0.1, 0.15) is 5.56 Å². The van der Waals surface area contributed by atoms with Crippen LogP contribution in [0.3, 0.4) is 0 Å². The van der Waals surface area contributed by atoms with Crippen LogP contribution in [-0.2, 0) is 6.54 Å². The van der Waals surface area contributed by atoms with Gasteiger partial charge in [-0.1, -0.05) is 12.1 Å². The summed E-state index contributed by atoms with van der Waals surface area (Å²) in [5.41, 5.74) is 2.27. The molecule has 126 valence electrons. The summed E-state index contributed by atoms with van der Waals surface area (Å²) in [5, 5.41) is 13.1. The van der Waals surface area contributed by atoms with Gasteiger partial charge in [0.15, 0.2) is 11.5 Å². The summed E-state index contributed by atoms with van der Waals surface area (Å²) >= 11 is 0. The van der Waals surface area contributed by atoms with E-state index in [1.54, 1.807) is 18.2 Å². The Bertz CT molecular complexity index is 895. The number of urea groups is 1. The van der Waals surface area contributed by atoms with Crippen LogP contribution in [0.2, 0.25) is 0 Å². The van der Waals surface area contributed by atoms with Gasteiger partial charge >= 0.3 is 6.03 Å². The van der Waals surface area contributed by atoms with E-state index in [9.17, 15) is 4.79 Å². The number of fused-ring (bicyclic) bond motifs is 1. The molecule has 0 radical (unpaired) electrons. The van der Waals surface area contributed by atoms with E-state index < -0.39 is 0 Å². The average molecular weight is 338 g/mol. The fraction of sp³-hybridized carbons (Fsp3) is 0.118. The van der Waals surface area contributed by atoms with E-state index in [0.29, 0.717) is 29.6 Å². The molecular formula is C17H14N4O4. The van der Waals surface area contributed by atoms with Crippen LogP contribution in [0, 0.1) is 0 Å². The van der Waals surface area contributed by atoms with E-state index in [-0.39, 0.29) is 12.8 Å². The number of carbonyl (C=O) groups excluding carboxylic acids is 1. The number of amides is 2. The normalized spacial score (nSPS) is 12.0. The second-order valence-electron chi connectivity index (χ2n) is 5.32. The molecule has 25 heavy (non-hydrogen) atoms. The number of hydrogen-bond acceptors (Lipinski definition) is 6. The van der Waals surface area contributed by atoms with Crippen molar-refractivity contribution >= 4 is 11.7 Å².